The second kappa shape index (κ2) is 10.0. The van der Waals surface area contributed by atoms with E-state index in [2.05, 4.69) is 18.0 Å². The molecule has 104 valence electrons. The highest BCUT2D eigenvalue weighted by Gasteiger charge is 1.96. The fraction of sp³-hybridized carbons (Fsp3) is 0.294. The minimum atomic E-state index is 0.857. The van der Waals surface area contributed by atoms with Crippen LogP contribution in [-0.2, 0) is 0 Å². The van der Waals surface area contributed by atoms with Crippen molar-refractivity contribution in [3.63, 3.8) is 0 Å². The van der Waals surface area contributed by atoms with E-state index in [9.17, 15) is 0 Å². The van der Waals surface area contributed by atoms with Crippen LogP contribution in [0, 0.1) is 0 Å². The van der Waals surface area contributed by atoms with Crippen molar-refractivity contribution < 1.29 is 4.74 Å². The molecule has 2 nitrogen and oxygen atoms in total. The number of methoxy groups -OCH3 is 1. The van der Waals surface area contributed by atoms with Gasteiger partial charge in [-0.1, -0.05) is 32.6 Å². The van der Waals surface area contributed by atoms with Crippen molar-refractivity contribution in [3.8, 4) is 5.75 Å². The first-order chi connectivity index (χ1) is 9.19. The first kappa shape index (κ1) is 17.0. The second-order valence-corrected chi connectivity index (χ2v) is 3.69. The van der Waals surface area contributed by atoms with Gasteiger partial charge in [-0.25, -0.2) is 0 Å². The van der Waals surface area contributed by atoms with Crippen LogP contribution in [0.25, 0.3) is 0 Å². The molecule has 0 amide bonds. The Labute approximate surface area is 117 Å². The molecule has 1 aromatic rings. The minimum Gasteiger partial charge on any atom is -0.497 e. The second-order valence-electron chi connectivity index (χ2n) is 3.69. The van der Waals surface area contributed by atoms with Crippen LogP contribution in [0.2, 0.25) is 0 Å². The number of allylic oxidation sites excluding steroid dienone is 4. The van der Waals surface area contributed by atoms with Gasteiger partial charge in [0.25, 0.3) is 0 Å². The lowest BCUT2D eigenvalue weighted by molar-refractivity contribution is 0.415. The normalized spacial score (nSPS) is 11.2. The molecule has 0 bridgehead atoms. The smallest absolute Gasteiger partial charge is 0.119 e. The zero-order valence-electron chi connectivity index (χ0n) is 12.7. The van der Waals surface area contributed by atoms with Gasteiger partial charge >= 0.3 is 0 Å². The summed E-state index contributed by atoms with van der Waals surface area (Å²) in [5.41, 5.74) is 3.21. The van der Waals surface area contributed by atoms with Crippen molar-refractivity contribution in [1.29, 1.82) is 0 Å². The van der Waals surface area contributed by atoms with Crippen LogP contribution in [0.3, 0.4) is 0 Å². The first-order valence-electron chi connectivity index (χ1n) is 6.57. The molecule has 0 saturated carbocycles. The number of ether oxygens (including phenoxy) is 1. The molecule has 1 rings (SSSR count). The number of anilines is 1. The summed E-state index contributed by atoms with van der Waals surface area (Å²) in [5.74, 6) is 0.857. The summed E-state index contributed by atoms with van der Waals surface area (Å²) in [6.07, 6.45) is 5.91. The third kappa shape index (κ3) is 6.51. The quantitative estimate of drug-likeness (QED) is 0.737. The zero-order chi connectivity index (χ0) is 14.7. The van der Waals surface area contributed by atoms with Gasteiger partial charge in [-0.2, -0.15) is 0 Å². The first-order valence-corrected chi connectivity index (χ1v) is 6.57. The van der Waals surface area contributed by atoms with Gasteiger partial charge in [0.15, 0.2) is 0 Å². The summed E-state index contributed by atoms with van der Waals surface area (Å²) in [6, 6.07) is 7.83. The highest BCUT2D eigenvalue weighted by molar-refractivity contribution is 5.53. The lowest BCUT2D eigenvalue weighted by Gasteiger charge is -2.08. The van der Waals surface area contributed by atoms with E-state index >= 15 is 0 Å². The third-order valence-electron chi connectivity index (χ3n) is 2.39. The molecule has 0 aliphatic rings. The molecule has 0 unspecified atom stereocenters. The van der Waals surface area contributed by atoms with E-state index in [1.54, 1.807) is 7.11 Å². The average molecular weight is 259 g/mol. The maximum Gasteiger partial charge on any atom is 0.119 e. The van der Waals surface area contributed by atoms with Gasteiger partial charge in [-0.15, -0.1) is 0 Å². The van der Waals surface area contributed by atoms with Crippen LogP contribution in [0.1, 0.15) is 27.7 Å². The van der Waals surface area contributed by atoms with Gasteiger partial charge in [-0.3, -0.25) is 0 Å². The van der Waals surface area contributed by atoms with E-state index in [1.165, 1.54) is 0 Å². The van der Waals surface area contributed by atoms with Gasteiger partial charge in [0.1, 0.15) is 5.75 Å². The zero-order valence-corrected chi connectivity index (χ0v) is 12.7. The van der Waals surface area contributed by atoms with Crippen molar-refractivity contribution in [2.75, 3.05) is 12.4 Å². The summed E-state index contributed by atoms with van der Waals surface area (Å²) < 4.78 is 5.11. The SMILES string of the molecule is C=C/C(C)=C\C(=C/C)Nc1ccc(OC)cc1.CC. The van der Waals surface area contributed by atoms with Gasteiger partial charge in [-0.05, 0) is 49.8 Å². The Kier molecular flexibility index (Phi) is 8.98. The molecule has 0 saturated heterocycles. The summed E-state index contributed by atoms with van der Waals surface area (Å²) >= 11 is 0. The van der Waals surface area contributed by atoms with E-state index in [1.807, 2.05) is 64.1 Å². The summed E-state index contributed by atoms with van der Waals surface area (Å²) in [4.78, 5) is 0. The highest BCUT2D eigenvalue weighted by Crippen LogP contribution is 2.17. The molecular formula is C17H25NO. The molecule has 0 heterocycles. The highest BCUT2D eigenvalue weighted by atomic mass is 16.5. The van der Waals surface area contributed by atoms with Crippen molar-refractivity contribution in [1.82, 2.24) is 0 Å². The van der Waals surface area contributed by atoms with E-state index in [4.69, 9.17) is 4.74 Å². The third-order valence-corrected chi connectivity index (χ3v) is 2.39. The maximum atomic E-state index is 5.11. The Bertz CT molecular complexity index is 427. The van der Waals surface area contributed by atoms with Crippen LogP contribution in [0.5, 0.6) is 5.75 Å². The van der Waals surface area contributed by atoms with Crippen molar-refractivity contribution in [3.05, 3.63) is 60.3 Å². The van der Waals surface area contributed by atoms with Crippen LogP contribution in [0.4, 0.5) is 5.69 Å². The van der Waals surface area contributed by atoms with Crippen molar-refractivity contribution in [2.24, 2.45) is 0 Å². The number of hydrogen-bond acceptors (Lipinski definition) is 2. The van der Waals surface area contributed by atoms with Crippen molar-refractivity contribution >= 4 is 5.69 Å². The number of hydrogen-bond donors (Lipinski definition) is 1. The topological polar surface area (TPSA) is 21.3 Å². The predicted octanol–water partition coefficient (Wildman–Crippen LogP) is 5.17. The molecule has 19 heavy (non-hydrogen) atoms. The van der Waals surface area contributed by atoms with E-state index in [0.717, 1.165) is 22.7 Å². The summed E-state index contributed by atoms with van der Waals surface area (Å²) in [7, 11) is 1.66. The monoisotopic (exact) mass is 259 g/mol. The van der Waals surface area contributed by atoms with Gasteiger partial charge in [0, 0.05) is 11.4 Å². The Morgan fingerprint density at radius 1 is 1.21 bits per heavy atom. The summed E-state index contributed by atoms with van der Waals surface area (Å²) in [5, 5.41) is 3.33. The average Bonchev–Trinajstić information content (AvgIpc) is 2.49. The molecule has 2 heteroatoms. The molecule has 0 aliphatic carbocycles. The number of benzene rings is 1. The number of nitrogens with one attached hydrogen (secondary N) is 1. The lowest BCUT2D eigenvalue weighted by Crippen LogP contribution is -1.97. The molecule has 0 aliphatic heterocycles. The van der Waals surface area contributed by atoms with Gasteiger partial charge in [0.05, 0.1) is 7.11 Å². The van der Waals surface area contributed by atoms with Gasteiger partial charge < -0.3 is 10.1 Å². The van der Waals surface area contributed by atoms with Crippen LogP contribution >= 0.6 is 0 Å². The fourth-order valence-corrected chi connectivity index (χ4v) is 1.34. The van der Waals surface area contributed by atoms with E-state index in [-0.39, 0.29) is 0 Å². The lowest BCUT2D eigenvalue weighted by atomic mass is 10.2. The molecule has 1 aromatic carbocycles. The van der Waals surface area contributed by atoms with E-state index < -0.39 is 0 Å². The van der Waals surface area contributed by atoms with Crippen LogP contribution in [0.15, 0.2) is 60.3 Å². The molecular weight excluding hydrogens is 234 g/mol. The molecule has 0 aromatic heterocycles. The minimum absolute atomic E-state index is 0.857. The van der Waals surface area contributed by atoms with E-state index in [0.29, 0.717) is 0 Å². The van der Waals surface area contributed by atoms with Crippen LogP contribution in [-0.4, -0.2) is 7.11 Å². The maximum absolute atomic E-state index is 5.11. The molecule has 0 fully saturated rings. The van der Waals surface area contributed by atoms with Crippen molar-refractivity contribution in [2.45, 2.75) is 27.7 Å². The largest absolute Gasteiger partial charge is 0.497 e. The molecule has 0 radical (unpaired) electrons. The molecule has 0 atom stereocenters. The van der Waals surface area contributed by atoms with Gasteiger partial charge in [0.2, 0.25) is 0 Å². The standard InChI is InChI=1S/C15H19NO.C2H6/c1-5-12(3)11-13(6-2)16-14-7-9-15(17-4)10-8-14;1-2/h5-11,16H,1H2,2-4H3;1-2H3/b12-11-,13-6+;. The molecule has 1 N–H and O–H groups in total. The number of rotatable bonds is 5. The molecule has 0 spiro atoms. The Morgan fingerprint density at radius 3 is 2.21 bits per heavy atom. The van der Waals surface area contributed by atoms with Crippen LogP contribution < -0.4 is 10.1 Å². The Morgan fingerprint density at radius 2 is 1.79 bits per heavy atom. The predicted molar refractivity (Wildman–Crippen MR) is 85.7 cm³/mol. The Hall–Kier alpha value is -1.96. The Balaban J connectivity index is 0.00000154. The fourth-order valence-electron chi connectivity index (χ4n) is 1.34. The summed E-state index contributed by atoms with van der Waals surface area (Å²) in [6.45, 7) is 11.8.